The second-order valence-corrected chi connectivity index (χ2v) is 6.16. The van der Waals surface area contributed by atoms with Crippen molar-refractivity contribution in [3.05, 3.63) is 24.3 Å². The summed E-state index contributed by atoms with van der Waals surface area (Å²) in [5, 5.41) is 0. The van der Waals surface area contributed by atoms with Crippen LogP contribution in [0.5, 0.6) is 11.5 Å². The average Bonchev–Trinajstić information content (AvgIpc) is 2.40. The lowest BCUT2D eigenvalue weighted by Crippen LogP contribution is -3.14. The first-order valence-corrected chi connectivity index (χ1v) is 7.87. The molecule has 2 rings (SSSR count). The highest BCUT2D eigenvalue weighted by Gasteiger charge is 2.19. The van der Waals surface area contributed by atoms with E-state index >= 15 is 0 Å². The molecule has 112 valence electrons. The van der Waals surface area contributed by atoms with Crippen molar-refractivity contribution in [3.8, 4) is 11.5 Å². The zero-order valence-corrected chi connectivity index (χ0v) is 13.0. The standard InChI is InChI=1S/C17H27NO2/c1-14(2)20-17-9-5-4-8-16(17)19-12-11-18-10-6-7-15(3)13-18/h4-5,8-9,14-15H,6-7,10-13H2,1-3H3/p+1/t15-/m0/s1. The molecular weight excluding hydrogens is 250 g/mol. The van der Waals surface area contributed by atoms with E-state index in [4.69, 9.17) is 9.47 Å². The van der Waals surface area contributed by atoms with Crippen LogP contribution in [-0.4, -0.2) is 32.3 Å². The fourth-order valence-electron chi connectivity index (χ4n) is 2.85. The smallest absolute Gasteiger partial charge is 0.161 e. The number of nitrogens with one attached hydrogen (secondary N) is 1. The van der Waals surface area contributed by atoms with Crippen LogP contribution in [0.2, 0.25) is 0 Å². The first-order valence-electron chi connectivity index (χ1n) is 7.87. The minimum Gasteiger partial charge on any atom is -0.487 e. The van der Waals surface area contributed by atoms with Crippen LogP contribution >= 0.6 is 0 Å². The molecule has 20 heavy (non-hydrogen) atoms. The summed E-state index contributed by atoms with van der Waals surface area (Å²) < 4.78 is 11.7. The molecule has 0 saturated carbocycles. The van der Waals surface area contributed by atoms with Crippen molar-refractivity contribution in [2.24, 2.45) is 5.92 Å². The predicted octanol–water partition coefficient (Wildman–Crippen LogP) is 2.17. The fraction of sp³-hybridized carbons (Fsp3) is 0.647. The Kier molecular flexibility index (Phi) is 5.72. The van der Waals surface area contributed by atoms with Crippen molar-refractivity contribution in [2.75, 3.05) is 26.2 Å². The van der Waals surface area contributed by atoms with Crippen LogP contribution in [0.15, 0.2) is 24.3 Å². The number of quaternary nitrogens is 1. The number of benzene rings is 1. The topological polar surface area (TPSA) is 22.9 Å². The van der Waals surface area contributed by atoms with Gasteiger partial charge in [-0.1, -0.05) is 19.1 Å². The van der Waals surface area contributed by atoms with E-state index in [0.717, 1.165) is 30.6 Å². The molecule has 2 atom stereocenters. The molecule has 3 heteroatoms. The number of ether oxygens (including phenoxy) is 2. The van der Waals surface area contributed by atoms with E-state index in [0.29, 0.717) is 0 Å². The maximum Gasteiger partial charge on any atom is 0.161 e. The van der Waals surface area contributed by atoms with Crippen LogP contribution < -0.4 is 14.4 Å². The van der Waals surface area contributed by atoms with E-state index in [9.17, 15) is 0 Å². The summed E-state index contributed by atoms with van der Waals surface area (Å²) >= 11 is 0. The van der Waals surface area contributed by atoms with E-state index in [1.165, 1.54) is 25.9 Å². The molecule has 1 aliphatic rings. The lowest BCUT2D eigenvalue weighted by molar-refractivity contribution is -0.908. The van der Waals surface area contributed by atoms with Gasteiger partial charge in [0.15, 0.2) is 11.5 Å². The third-order valence-corrected chi connectivity index (χ3v) is 3.79. The molecule has 0 aliphatic carbocycles. The average molecular weight is 278 g/mol. The summed E-state index contributed by atoms with van der Waals surface area (Å²) in [4.78, 5) is 1.67. The van der Waals surface area contributed by atoms with E-state index in [1.807, 2.05) is 38.1 Å². The highest BCUT2D eigenvalue weighted by Crippen LogP contribution is 2.27. The molecule has 1 aliphatic heterocycles. The van der Waals surface area contributed by atoms with Gasteiger partial charge in [0.05, 0.1) is 19.2 Å². The minimum atomic E-state index is 0.174. The fourth-order valence-corrected chi connectivity index (χ4v) is 2.85. The normalized spacial score (nSPS) is 22.8. The Morgan fingerprint density at radius 2 is 2.00 bits per heavy atom. The molecule has 1 aromatic rings. The lowest BCUT2D eigenvalue weighted by Gasteiger charge is -2.27. The molecule has 1 fully saturated rings. The first kappa shape index (κ1) is 15.2. The van der Waals surface area contributed by atoms with Gasteiger partial charge in [0, 0.05) is 5.92 Å². The van der Waals surface area contributed by atoms with Gasteiger partial charge >= 0.3 is 0 Å². The predicted molar refractivity (Wildman–Crippen MR) is 81.7 cm³/mol. The van der Waals surface area contributed by atoms with Crippen molar-refractivity contribution < 1.29 is 14.4 Å². The van der Waals surface area contributed by atoms with Gasteiger partial charge in [-0.25, -0.2) is 0 Å². The van der Waals surface area contributed by atoms with E-state index in [1.54, 1.807) is 4.90 Å². The number of piperidine rings is 1. The highest BCUT2D eigenvalue weighted by atomic mass is 16.5. The molecule has 1 heterocycles. The SMILES string of the molecule is CC(C)Oc1ccccc1OCC[NH+]1CCC[C@H](C)C1. The quantitative estimate of drug-likeness (QED) is 0.862. The minimum absolute atomic E-state index is 0.174. The van der Waals surface area contributed by atoms with Crippen LogP contribution in [-0.2, 0) is 0 Å². The molecule has 0 amide bonds. The monoisotopic (exact) mass is 278 g/mol. The van der Waals surface area contributed by atoms with Crippen molar-refractivity contribution >= 4 is 0 Å². The van der Waals surface area contributed by atoms with Crippen molar-refractivity contribution in [1.82, 2.24) is 0 Å². The number of rotatable bonds is 6. The molecule has 3 nitrogen and oxygen atoms in total. The first-order chi connectivity index (χ1) is 9.65. The molecule has 0 bridgehead atoms. The van der Waals surface area contributed by atoms with Crippen LogP contribution in [0.3, 0.4) is 0 Å². The second-order valence-electron chi connectivity index (χ2n) is 6.16. The molecule has 0 spiro atoms. The molecule has 0 aromatic heterocycles. The van der Waals surface area contributed by atoms with Crippen molar-refractivity contribution in [1.29, 1.82) is 0 Å². The summed E-state index contributed by atoms with van der Waals surface area (Å²) in [6.07, 6.45) is 2.91. The third-order valence-electron chi connectivity index (χ3n) is 3.79. The lowest BCUT2D eigenvalue weighted by atomic mass is 10.0. The van der Waals surface area contributed by atoms with Gasteiger partial charge < -0.3 is 14.4 Å². The summed E-state index contributed by atoms with van der Waals surface area (Å²) in [7, 11) is 0. The Labute approximate surface area is 122 Å². The van der Waals surface area contributed by atoms with E-state index in [2.05, 4.69) is 6.92 Å². The Morgan fingerprint density at radius 1 is 1.25 bits per heavy atom. The van der Waals surface area contributed by atoms with Gasteiger partial charge in [-0.3, -0.25) is 0 Å². The largest absolute Gasteiger partial charge is 0.487 e. The van der Waals surface area contributed by atoms with Gasteiger partial charge in [-0.05, 0) is 38.8 Å². The molecular formula is C17H28NO2+. The van der Waals surface area contributed by atoms with E-state index in [-0.39, 0.29) is 6.10 Å². The van der Waals surface area contributed by atoms with Crippen LogP contribution in [0.4, 0.5) is 0 Å². The highest BCUT2D eigenvalue weighted by molar-refractivity contribution is 5.39. The van der Waals surface area contributed by atoms with Gasteiger partial charge in [0.2, 0.25) is 0 Å². The summed E-state index contributed by atoms with van der Waals surface area (Å²) in [5.74, 6) is 2.57. The summed E-state index contributed by atoms with van der Waals surface area (Å²) in [5.41, 5.74) is 0. The van der Waals surface area contributed by atoms with Crippen molar-refractivity contribution in [3.63, 3.8) is 0 Å². The third kappa shape index (κ3) is 4.71. The number of hydrogen-bond acceptors (Lipinski definition) is 2. The number of likely N-dealkylation sites (tertiary alicyclic amines) is 1. The van der Waals surface area contributed by atoms with Gasteiger partial charge in [0.1, 0.15) is 13.2 Å². The zero-order valence-electron chi connectivity index (χ0n) is 13.0. The molecule has 1 saturated heterocycles. The van der Waals surface area contributed by atoms with Gasteiger partial charge in [-0.15, -0.1) is 0 Å². The summed E-state index contributed by atoms with van der Waals surface area (Å²) in [6.45, 7) is 10.9. The van der Waals surface area contributed by atoms with Crippen LogP contribution in [0, 0.1) is 5.92 Å². The Hall–Kier alpha value is -1.22. The Morgan fingerprint density at radius 3 is 2.70 bits per heavy atom. The number of hydrogen-bond donors (Lipinski definition) is 1. The van der Waals surface area contributed by atoms with Crippen LogP contribution in [0.1, 0.15) is 33.6 Å². The Balaban J connectivity index is 1.81. The maximum absolute atomic E-state index is 5.93. The Bertz CT molecular complexity index is 406. The molecule has 1 unspecified atom stereocenters. The maximum atomic E-state index is 5.93. The van der Waals surface area contributed by atoms with E-state index < -0.39 is 0 Å². The summed E-state index contributed by atoms with van der Waals surface area (Å²) in [6, 6.07) is 7.96. The zero-order chi connectivity index (χ0) is 14.4. The molecule has 1 aromatic carbocycles. The molecule has 1 N–H and O–H groups in total. The van der Waals surface area contributed by atoms with Gasteiger partial charge in [-0.2, -0.15) is 0 Å². The second kappa shape index (κ2) is 7.53. The molecule has 0 radical (unpaired) electrons. The van der Waals surface area contributed by atoms with Crippen molar-refractivity contribution in [2.45, 2.75) is 39.7 Å². The van der Waals surface area contributed by atoms with Gasteiger partial charge in [0.25, 0.3) is 0 Å². The van der Waals surface area contributed by atoms with Crippen LogP contribution in [0.25, 0.3) is 0 Å². The number of para-hydroxylation sites is 2.